The van der Waals surface area contributed by atoms with E-state index in [9.17, 15) is 5.26 Å². The van der Waals surface area contributed by atoms with Crippen LogP contribution in [-0.4, -0.2) is 13.1 Å². The zero-order chi connectivity index (χ0) is 16.9. The lowest BCUT2D eigenvalue weighted by Gasteiger charge is -2.26. The first kappa shape index (κ1) is 16.5. The number of halogens is 1. The standard InChI is InChI=1S/C19H19ClN4/c1-2-9-22-19-17-13-24(12-14-6-4-3-5-7-14)10-8-15(17)16(11-21)18(20)23-19/h2-7H,1,8-10,12-13H2,(H,22,23)/p+2. The molecule has 0 aliphatic carbocycles. The van der Waals surface area contributed by atoms with E-state index in [1.165, 1.54) is 10.5 Å². The highest BCUT2D eigenvalue weighted by atomic mass is 35.5. The van der Waals surface area contributed by atoms with E-state index >= 15 is 0 Å². The lowest BCUT2D eigenvalue weighted by atomic mass is 9.96. The van der Waals surface area contributed by atoms with Crippen LogP contribution in [0, 0.1) is 11.3 Å². The number of benzene rings is 1. The molecular formula is C19H21ClN4+2. The molecule has 0 bridgehead atoms. The first-order valence-electron chi connectivity index (χ1n) is 8.11. The van der Waals surface area contributed by atoms with Crippen molar-refractivity contribution < 1.29 is 9.88 Å². The minimum atomic E-state index is 0.411. The van der Waals surface area contributed by atoms with Gasteiger partial charge in [-0.3, -0.25) is 5.32 Å². The summed E-state index contributed by atoms with van der Waals surface area (Å²) in [4.78, 5) is 4.63. The molecule has 2 aromatic rings. The van der Waals surface area contributed by atoms with Gasteiger partial charge in [-0.1, -0.05) is 43.0 Å². The van der Waals surface area contributed by atoms with Crippen molar-refractivity contribution >= 4 is 17.4 Å². The SMILES string of the molecule is C=CCNc1[nH+]c(Cl)c(C#N)c2c1C[NH+](Cc1ccccc1)CC2. The van der Waals surface area contributed by atoms with Crippen molar-refractivity contribution in [3.63, 3.8) is 0 Å². The third-order valence-electron chi connectivity index (χ3n) is 4.41. The van der Waals surface area contributed by atoms with Gasteiger partial charge in [0.2, 0.25) is 5.15 Å². The van der Waals surface area contributed by atoms with Crippen LogP contribution >= 0.6 is 11.6 Å². The number of aromatic amines is 1. The third-order valence-corrected chi connectivity index (χ3v) is 4.69. The topological polar surface area (TPSA) is 54.4 Å². The molecule has 5 heteroatoms. The maximum atomic E-state index is 9.44. The normalized spacial score (nSPS) is 16.1. The highest BCUT2D eigenvalue weighted by Gasteiger charge is 2.30. The number of quaternary nitrogens is 1. The summed E-state index contributed by atoms with van der Waals surface area (Å²) in [5, 5.41) is 13.2. The fraction of sp³-hybridized carbons (Fsp3) is 0.263. The van der Waals surface area contributed by atoms with Crippen LogP contribution in [0.4, 0.5) is 5.82 Å². The highest BCUT2D eigenvalue weighted by molar-refractivity contribution is 6.29. The molecular weight excluding hydrogens is 320 g/mol. The summed E-state index contributed by atoms with van der Waals surface area (Å²) in [5.41, 5.74) is 4.14. The van der Waals surface area contributed by atoms with Gasteiger partial charge in [0.25, 0.3) is 5.82 Å². The van der Waals surface area contributed by atoms with Gasteiger partial charge in [0.15, 0.2) is 0 Å². The summed E-state index contributed by atoms with van der Waals surface area (Å²) in [6, 6.07) is 12.8. The second-order valence-corrected chi connectivity index (χ2v) is 6.39. The van der Waals surface area contributed by atoms with Gasteiger partial charge in [-0.05, 0) is 17.2 Å². The van der Waals surface area contributed by atoms with Crippen molar-refractivity contribution in [1.29, 1.82) is 5.26 Å². The van der Waals surface area contributed by atoms with Crippen molar-refractivity contribution in [3.05, 3.63) is 70.4 Å². The Labute approximate surface area is 147 Å². The molecule has 3 rings (SSSR count). The molecule has 0 spiro atoms. The zero-order valence-electron chi connectivity index (χ0n) is 13.5. The van der Waals surface area contributed by atoms with Crippen molar-refractivity contribution in [2.45, 2.75) is 19.5 Å². The fourth-order valence-electron chi connectivity index (χ4n) is 3.27. The van der Waals surface area contributed by atoms with Gasteiger partial charge < -0.3 is 4.90 Å². The molecule has 1 aromatic carbocycles. The van der Waals surface area contributed by atoms with Crippen LogP contribution in [0.25, 0.3) is 0 Å². The van der Waals surface area contributed by atoms with Crippen molar-refractivity contribution in [2.24, 2.45) is 0 Å². The van der Waals surface area contributed by atoms with Crippen LogP contribution in [-0.2, 0) is 19.5 Å². The van der Waals surface area contributed by atoms with Crippen LogP contribution in [0.1, 0.15) is 22.3 Å². The Morgan fingerprint density at radius 3 is 2.83 bits per heavy atom. The van der Waals surface area contributed by atoms with Gasteiger partial charge in [-0.2, -0.15) is 5.26 Å². The van der Waals surface area contributed by atoms with E-state index in [2.05, 4.69) is 47.2 Å². The average Bonchev–Trinajstić information content (AvgIpc) is 2.61. The van der Waals surface area contributed by atoms with E-state index in [1.807, 2.05) is 12.1 Å². The molecule has 1 unspecified atom stereocenters. The molecule has 1 aliphatic heterocycles. The van der Waals surface area contributed by atoms with Gasteiger partial charge in [0, 0.05) is 12.0 Å². The average molecular weight is 341 g/mol. The Kier molecular flexibility index (Phi) is 5.14. The van der Waals surface area contributed by atoms with Crippen molar-refractivity contribution in [3.8, 4) is 6.07 Å². The first-order valence-corrected chi connectivity index (χ1v) is 8.49. The number of fused-ring (bicyclic) bond motifs is 1. The van der Waals surface area contributed by atoms with Gasteiger partial charge in [-0.15, -0.1) is 0 Å². The van der Waals surface area contributed by atoms with Crippen LogP contribution in [0.3, 0.4) is 0 Å². The summed E-state index contributed by atoms with van der Waals surface area (Å²) < 4.78 is 0. The molecule has 24 heavy (non-hydrogen) atoms. The lowest BCUT2D eigenvalue weighted by Crippen LogP contribution is -3.10. The molecule has 2 heterocycles. The Bertz CT molecular complexity index is 780. The second-order valence-electron chi connectivity index (χ2n) is 6.02. The van der Waals surface area contributed by atoms with Crippen LogP contribution < -0.4 is 15.2 Å². The number of hydrogen-bond acceptors (Lipinski definition) is 2. The number of aromatic nitrogens is 1. The van der Waals surface area contributed by atoms with E-state index in [0.717, 1.165) is 43.0 Å². The van der Waals surface area contributed by atoms with Crippen LogP contribution in [0.5, 0.6) is 0 Å². The van der Waals surface area contributed by atoms with E-state index in [1.54, 1.807) is 0 Å². The smallest absolute Gasteiger partial charge is 0.282 e. The minimum absolute atomic E-state index is 0.411. The minimum Gasteiger partial charge on any atom is -0.327 e. The Morgan fingerprint density at radius 2 is 2.12 bits per heavy atom. The number of anilines is 1. The Balaban J connectivity index is 1.90. The number of pyridine rings is 1. The number of rotatable bonds is 5. The summed E-state index contributed by atoms with van der Waals surface area (Å²) >= 11 is 6.26. The summed E-state index contributed by atoms with van der Waals surface area (Å²) in [5.74, 6) is 0.902. The first-order chi connectivity index (χ1) is 11.7. The van der Waals surface area contributed by atoms with Crippen molar-refractivity contribution in [2.75, 3.05) is 18.4 Å². The van der Waals surface area contributed by atoms with Crippen LogP contribution in [0.2, 0.25) is 5.15 Å². The fourth-order valence-corrected chi connectivity index (χ4v) is 3.52. The highest BCUT2D eigenvalue weighted by Crippen LogP contribution is 2.25. The van der Waals surface area contributed by atoms with Gasteiger partial charge in [0.05, 0.1) is 12.1 Å². The molecule has 3 N–H and O–H groups in total. The number of nitrogens with one attached hydrogen (secondary N) is 3. The van der Waals surface area contributed by atoms with E-state index in [0.29, 0.717) is 17.3 Å². The number of nitriles is 1. The van der Waals surface area contributed by atoms with E-state index < -0.39 is 0 Å². The monoisotopic (exact) mass is 340 g/mol. The van der Waals surface area contributed by atoms with E-state index in [-0.39, 0.29) is 0 Å². The summed E-state index contributed by atoms with van der Waals surface area (Å²) in [7, 11) is 0. The number of H-pyrrole nitrogens is 1. The number of nitrogens with zero attached hydrogens (tertiary/aromatic N) is 1. The Morgan fingerprint density at radius 1 is 1.33 bits per heavy atom. The largest absolute Gasteiger partial charge is 0.327 e. The summed E-state index contributed by atoms with van der Waals surface area (Å²) in [6.07, 6.45) is 2.67. The third kappa shape index (κ3) is 3.43. The van der Waals surface area contributed by atoms with E-state index in [4.69, 9.17) is 11.6 Å². The zero-order valence-corrected chi connectivity index (χ0v) is 14.3. The molecule has 0 saturated heterocycles. The van der Waals surface area contributed by atoms with Gasteiger partial charge >= 0.3 is 0 Å². The molecule has 0 fully saturated rings. The quantitative estimate of drug-likeness (QED) is 0.644. The van der Waals surface area contributed by atoms with Crippen molar-refractivity contribution in [1.82, 2.24) is 0 Å². The molecule has 1 aromatic heterocycles. The molecule has 0 saturated carbocycles. The van der Waals surface area contributed by atoms with Gasteiger partial charge in [0.1, 0.15) is 31.3 Å². The second kappa shape index (κ2) is 7.48. The molecule has 0 amide bonds. The maximum Gasteiger partial charge on any atom is 0.282 e. The summed E-state index contributed by atoms with van der Waals surface area (Å²) in [6.45, 7) is 7.24. The van der Waals surface area contributed by atoms with Crippen LogP contribution in [0.15, 0.2) is 43.0 Å². The predicted molar refractivity (Wildman–Crippen MR) is 94.8 cm³/mol. The number of hydrogen-bond donors (Lipinski definition) is 2. The maximum absolute atomic E-state index is 9.44. The lowest BCUT2D eigenvalue weighted by molar-refractivity contribution is -0.929. The Hall–Kier alpha value is -2.35. The molecule has 0 radical (unpaired) electrons. The molecule has 122 valence electrons. The molecule has 1 atom stereocenters. The molecule has 1 aliphatic rings. The molecule has 4 nitrogen and oxygen atoms in total. The predicted octanol–water partition coefficient (Wildman–Crippen LogP) is 1.76. The van der Waals surface area contributed by atoms with Gasteiger partial charge in [-0.25, -0.2) is 4.98 Å².